The van der Waals surface area contributed by atoms with E-state index in [1.165, 1.54) is 135 Å². The van der Waals surface area contributed by atoms with Crippen molar-refractivity contribution in [1.29, 1.82) is 0 Å². The number of carbonyl (C=O) groups excluding carboxylic acids is 2. The number of phosphoric acid groups is 1. The molecule has 95 heavy (non-hydrogen) atoms. The van der Waals surface area contributed by atoms with Crippen molar-refractivity contribution in [3.63, 3.8) is 0 Å². The van der Waals surface area contributed by atoms with Gasteiger partial charge in [0.05, 0.1) is 46.2 Å². The largest absolute Gasteiger partial charge is 0.472 e. The molecule has 562 valence electrons. The van der Waals surface area contributed by atoms with Crippen molar-refractivity contribution in [2.24, 2.45) is 0 Å². The molecule has 1 unspecified atom stereocenters. The van der Waals surface area contributed by atoms with E-state index in [0.717, 1.165) is 63.7 Å². The quantitative estimate of drug-likeness (QED) is 0.0307. The Morgan fingerprint density at radius 2 is 0.979 bits per heavy atom. The predicted molar refractivity (Wildman–Crippen MR) is 346 cm³/mol. The Bertz CT molecular complexity index is 2000. The predicted octanol–water partition coefficient (Wildman–Crippen LogP) is 2.39. The van der Waals surface area contributed by atoms with Crippen LogP contribution in [0.1, 0.15) is 207 Å². The van der Waals surface area contributed by atoms with Gasteiger partial charge in [-0.05, 0) is 12.8 Å². The van der Waals surface area contributed by atoms with Crippen LogP contribution in [0.5, 0.6) is 0 Å². The van der Waals surface area contributed by atoms with Crippen LogP contribution in [0.2, 0.25) is 0 Å². The van der Waals surface area contributed by atoms with E-state index in [1.54, 1.807) is 0 Å². The molecular weight excluding hydrogens is 1270 g/mol. The highest BCUT2D eigenvalue weighted by molar-refractivity contribution is 7.47. The Morgan fingerprint density at radius 3 is 1.45 bits per heavy atom. The van der Waals surface area contributed by atoms with Crippen LogP contribution in [-0.4, -0.2) is 283 Å². The number of hydrogen-bond acceptors (Lipinski definition) is 26. The fraction of sp³-hybridized carbons (Fsp3) is 0.969. The normalized spacial score (nSPS) is 28.8. The molecule has 30 heteroatoms. The van der Waals surface area contributed by atoms with Gasteiger partial charge in [-0.3, -0.25) is 18.6 Å². The zero-order chi connectivity index (χ0) is 70.1. The second-order valence-corrected chi connectivity index (χ2v) is 27.2. The molecule has 3 heterocycles. The minimum Gasteiger partial charge on any atom is -0.394 e. The number of aliphatic hydroxyl groups is 13. The maximum absolute atomic E-state index is 13.3. The average Bonchev–Trinajstić information content (AvgIpc) is 0.778. The van der Waals surface area contributed by atoms with Gasteiger partial charge in [0.15, 0.2) is 18.9 Å². The molecule has 3 fully saturated rings. The zero-order valence-corrected chi connectivity index (χ0v) is 58.0. The first-order chi connectivity index (χ1) is 45.6. The molecule has 0 aliphatic carbocycles. The summed E-state index contributed by atoms with van der Waals surface area (Å²) in [6, 6.07) is -1.71. The summed E-state index contributed by atoms with van der Waals surface area (Å²) in [5, 5.41) is 143. The van der Waals surface area contributed by atoms with Crippen LogP contribution in [0, 0.1) is 0 Å². The summed E-state index contributed by atoms with van der Waals surface area (Å²) in [6.45, 7) is 1.41. The second-order valence-electron chi connectivity index (χ2n) is 25.8. The molecular formula is C65H125N2O27P. The smallest absolute Gasteiger partial charge is 0.394 e. The molecule has 3 aliphatic rings. The zero-order valence-electron chi connectivity index (χ0n) is 57.1. The van der Waals surface area contributed by atoms with Crippen molar-refractivity contribution < 1.29 is 132 Å². The molecule has 0 aromatic carbocycles. The van der Waals surface area contributed by atoms with E-state index in [-0.39, 0.29) is 13.2 Å². The van der Waals surface area contributed by atoms with E-state index in [0.29, 0.717) is 13.2 Å². The summed E-state index contributed by atoms with van der Waals surface area (Å²) < 4.78 is 70.4. The van der Waals surface area contributed by atoms with Crippen molar-refractivity contribution in [1.82, 2.24) is 10.2 Å². The van der Waals surface area contributed by atoms with E-state index in [1.807, 2.05) is 0 Å². The van der Waals surface area contributed by atoms with Crippen molar-refractivity contribution in [2.45, 2.75) is 330 Å². The summed E-state index contributed by atoms with van der Waals surface area (Å²) in [6.07, 6.45) is -1.85. The molecule has 0 bridgehead atoms. The summed E-state index contributed by atoms with van der Waals surface area (Å²) in [4.78, 5) is 37.3. The Morgan fingerprint density at radius 1 is 0.537 bits per heavy atom. The van der Waals surface area contributed by atoms with E-state index in [4.69, 9.17) is 46.9 Å². The number of nitrogens with one attached hydrogen (secondary N) is 1. The fourth-order valence-electron chi connectivity index (χ4n) is 11.9. The van der Waals surface area contributed by atoms with Gasteiger partial charge in [-0.25, -0.2) is 4.57 Å². The lowest BCUT2D eigenvalue weighted by Crippen LogP contribution is -2.70. The summed E-state index contributed by atoms with van der Waals surface area (Å²) in [5.74, 6) is -1.54. The number of rotatable bonds is 56. The van der Waals surface area contributed by atoms with Crippen LogP contribution in [0.3, 0.4) is 0 Å². The number of aliphatic hydroxyl groups excluding tert-OH is 13. The fourth-order valence-corrected chi connectivity index (χ4v) is 12.7. The van der Waals surface area contributed by atoms with Gasteiger partial charge >= 0.3 is 7.82 Å². The topological polar surface area (TPSA) is 442 Å². The third-order valence-corrected chi connectivity index (χ3v) is 18.7. The molecule has 0 aromatic heterocycles. The van der Waals surface area contributed by atoms with Gasteiger partial charge in [0.25, 0.3) is 0 Å². The Balaban J connectivity index is 1.61. The third-order valence-electron chi connectivity index (χ3n) is 17.8. The van der Waals surface area contributed by atoms with Crippen molar-refractivity contribution in [2.75, 3.05) is 72.6 Å². The van der Waals surface area contributed by atoms with Crippen molar-refractivity contribution in [3.05, 3.63) is 0 Å². The van der Waals surface area contributed by atoms with Crippen molar-refractivity contribution in [3.8, 4) is 0 Å². The first kappa shape index (κ1) is 87.4. The van der Waals surface area contributed by atoms with E-state index >= 15 is 0 Å². The second kappa shape index (κ2) is 50.5. The van der Waals surface area contributed by atoms with Crippen LogP contribution >= 0.6 is 7.82 Å². The molecule has 3 rings (SSSR count). The van der Waals surface area contributed by atoms with E-state index in [2.05, 4.69) is 19.2 Å². The molecule has 3 saturated heterocycles. The molecule has 2 amide bonds. The van der Waals surface area contributed by atoms with Crippen LogP contribution < -0.4 is 5.32 Å². The molecule has 29 nitrogen and oxygen atoms in total. The van der Waals surface area contributed by atoms with E-state index in [9.17, 15) is 85.4 Å². The van der Waals surface area contributed by atoms with Gasteiger partial charge in [0.2, 0.25) is 11.8 Å². The minimum atomic E-state index is -4.81. The Kier molecular flexibility index (Phi) is 46.5. The monoisotopic (exact) mass is 1400 g/mol. The number of unbranched alkanes of at least 4 members (excludes halogenated alkanes) is 26. The molecule has 0 aromatic rings. The molecule has 0 spiro atoms. The Hall–Kier alpha value is -1.79. The van der Waals surface area contributed by atoms with Crippen LogP contribution in [0.4, 0.5) is 0 Å². The highest BCUT2D eigenvalue weighted by atomic mass is 31.2. The average molecular weight is 1400 g/mol. The van der Waals surface area contributed by atoms with Crippen LogP contribution in [0.15, 0.2) is 0 Å². The summed E-state index contributed by atoms with van der Waals surface area (Å²) >= 11 is 0. The Labute approximate surface area is 563 Å². The first-order valence-corrected chi connectivity index (χ1v) is 36.9. The van der Waals surface area contributed by atoms with Gasteiger partial charge in [-0.2, -0.15) is 0 Å². The number of ether oxygens (including phenoxy) is 8. The van der Waals surface area contributed by atoms with Gasteiger partial charge in [-0.1, -0.05) is 181 Å². The maximum atomic E-state index is 13.3. The van der Waals surface area contributed by atoms with Gasteiger partial charge < -0.3 is 119 Å². The molecule has 3 aliphatic heterocycles. The van der Waals surface area contributed by atoms with Gasteiger partial charge in [0.1, 0.15) is 104 Å². The van der Waals surface area contributed by atoms with Gasteiger partial charge in [0, 0.05) is 40.2 Å². The number of carbonyl (C=O) groups is 2. The van der Waals surface area contributed by atoms with Gasteiger partial charge in [-0.15, -0.1) is 0 Å². The molecule has 0 radical (unpaired) electrons. The SMILES string of the molecule is CCCCCCCCCCCCCCCCOC[C@@H](COP(=O)(O)OCCN(C[C@H](O)[C@@H](O)[C@H](O[C@@H]1O[C@H](CO)[C@H](O)[C@H](O[C@@H]2O[C@H](CO)[C@@H](O)[C@H](O[C@@H]3O[C@H](CO)[C@H](O)[C@H](O)[C@H]3O)[C@H]2NC(C)=O)[C@H]1O)[C@H](O)CO)[14C](C)=O)OCCCCCCCCCCCCCCCC. The van der Waals surface area contributed by atoms with E-state index < -0.39 is 188 Å². The number of amides is 2. The third kappa shape index (κ3) is 33.3. The highest BCUT2D eigenvalue weighted by Crippen LogP contribution is 2.43. The maximum Gasteiger partial charge on any atom is 0.472 e. The molecule has 21 atom stereocenters. The van der Waals surface area contributed by atoms with Crippen LogP contribution in [0.25, 0.3) is 0 Å². The number of phosphoric ester groups is 1. The summed E-state index contributed by atoms with van der Waals surface area (Å²) in [5.41, 5.74) is 0. The number of hydrogen-bond donors (Lipinski definition) is 15. The molecule has 15 N–H and O–H groups in total. The standard InChI is InChI=1S/C65H125N2O27P/c1-5-7-9-11-13-15-17-19-21-23-25-27-29-31-34-85-42-46(86-35-32-30-28-26-24-22-20-18-16-14-12-10-8-6-2)43-88-95(83,84)87-36-33-67(45(4)73)37-47(74)53(76)60(48(75)38-68)92-65-59(82)62(56(79)51(41-71)91-65)94-63-52(66-44(3)72)61(55(78)50(40-70)89-63)93-64-58(81)57(80)54(77)49(39-69)90-64/h46-65,68-71,74-82H,5-43H2,1-4H3,(H,66,72)(H,83,84)/t46-,47-,48+,49+,50+,51+,52+,53+,54-,55+,56-,57-,58+,59+,60+,61+,62-,63-,64-,65-/m0/s1/i45+2. The lowest BCUT2D eigenvalue weighted by Gasteiger charge is -2.49. The molecule has 0 saturated carbocycles. The van der Waals surface area contributed by atoms with Crippen LogP contribution in [-0.2, 0) is 61.1 Å². The highest BCUT2D eigenvalue weighted by Gasteiger charge is 2.55. The van der Waals surface area contributed by atoms with Crippen molar-refractivity contribution >= 4 is 19.6 Å². The lowest BCUT2D eigenvalue weighted by molar-refractivity contribution is -0.371. The number of nitrogens with zero attached hydrogens (tertiary/aromatic N) is 1. The minimum absolute atomic E-state index is 0.109. The summed E-state index contributed by atoms with van der Waals surface area (Å²) in [7, 11) is -4.81. The first-order valence-electron chi connectivity index (χ1n) is 35.4. The lowest BCUT2D eigenvalue weighted by atomic mass is 9.94.